The molecule has 1 N–H and O–H groups in total. The Morgan fingerprint density at radius 1 is 1.45 bits per heavy atom. The minimum atomic E-state index is -0.818. The molecule has 1 fully saturated rings. The standard InChI is InChI=1S/C14H20N2O3S/c1-8(2)12-15-6-11(20-12)13(17)16-7-10(14(18)19)5-4-9(16)3/h6,8-10H,4-5,7H2,1-3H3,(H,18,19). The van der Waals surface area contributed by atoms with Crippen LogP contribution in [0.15, 0.2) is 6.20 Å². The number of thiazole rings is 1. The fourth-order valence-electron chi connectivity index (χ4n) is 2.39. The molecule has 1 aromatic heterocycles. The summed E-state index contributed by atoms with van der Waals surface area (Å²) >= 11 is 1.40. The molecule has 1 amide bonds. The molecule has 0 aromatic carbocycles. The molecule has 6 heteroatoms. The fraction of sp³-hybridized carbons (Fsp3) is 0.643. The number of hydrogen-bond donors (Lipinski definition) is 1. The SMILES string of the molecule is CC(C)c1ncc(C(=O)N2CC(C(=O)O)CCC2C)s1. The number of nitrogens with zero attached hydrogens (tertiary/aromatic N) is 2. The average Bonchev–Trinajstić information content (AvgIpc) is 2.88. The van der Waals surface area contributed by atoms with Crippen LogP contribution in [-0.4, -0.2) is 39.5 Å². The zero-order chi connectivity index (χ0) is 14.9. The van der Waals surface area contributed by atoms with Crippen LogP contribution < -0.4 is 0 Å². The summed E-state index contributed by atoms with van der Waals surface area (Å²) < 4.78 is 0. The zero-order valence-electron chi connectivity index (χ0n) is 12.0. The molecular weight excluding hydrogens is 276 g/mol. The maximum absolute atomic E-state index is 12.5. The number of carboxylic acid groups (broad SMARTS) is 1. The van der Waals surface area contributed by atoms with E-state index in [2.05, 4.69) is 4.98 Å². The van der Waals surface area contributed by atoms with Crippen molar-refractivity contribution in [3.05, 3.63) is 16.1 Å². The van der Waals surface area contributed by atoms with E-state index in [0.29, 0.717) is 23.8 Å². The maximum Gasteiger partial charge on any atom is 0.308 e. The number of carbonyl (C=O) groups is 2. The van der Waals surface area contributed by atoms with E-state index in [1.54, 1.807) is 11.1 Å². The monoisotopic (exact) mass is 296 g/mol. The highest BCUT2D eigenvalue weighted by Gasteiger charge is 2.33. The van der Waals surface area contributed by atoms with E-state index in [-0.39, 0.29) is 11.9 Å². The first kappa shape index (κ1) is 15.0. The first-order valence-electron chi connectivity index (χ1n) is 6.89. The molecule has 0 radical (unpaired) electrons. The summed E-state index contributed by atoms with van der Waals surface area (Å²) in [6, 6.07) is 0.0858. The Kier molecular flexibility index (Phi) is 4.42. The molecule has 1 aromatic rings. The molecule has 1 aliphatic rings. The van der Waals surface area contributed by atoms with E-state index < -0.39 is 11.9 Å². The van der Waals surface area contributed by atoms with Crippen LogP contribution in [0.5, 0.6) is 0 Å². The number of rotatable bonds is 3. The summed E-state index contributed by atoms with van der Waals surface area (Å²) in [7, 11) is 0. The van der Waals surface area contributed by atoms with Crippen LogP contribution in [0.25, 0.3) is 0 Å². The fourth-order valence-corrected chi connectivity index (χ4v) is 3.26. The Labute approximate surface area is 122 Å². The van der Waals surface area contributed by atoms with Crippen molar-refractivity contribution in [3.8, 4) is 0 Å². The molecule has 2 heterocycles. The quantitative estimate of drug-likeness (QED) is 0.930. The van der Waals surface area contributed by atoms with E-state index in [9.17, 15) is 9.59 Å². The zero-order valence-corrected chi connectivity index (χ0v) is 12.8. The van der Waals surface area contributed by atoms with Crippen LogP contribution in [0.2, 0.25) is 0 Å². The topological polar surface area (TPSA) is 70.5 Å². The molecule has 0 saturated carbocycles. The summed E-state index contributed by atoms with van der Waals surface area (Å²) in [6.45, 7) is 6.35. The third kappa shape index (κ3) is 3.00. The molecule has 20 heavy (non-hydrogen) atoms. The van der Waals surface area contributed by atoms with Crippen molar-refractivity contribution < 1.29 is 14.7 Å². The number of aliphatic carboxylic acids is 1. The predicted molar refractivity (Wildman–Crippen MR) is 77.1 cm³/mol. The van der Waals surface area contributed by atoms with Crippen molar-refractivity contribution in [2.24, 2.45) is 5.92 Å². The maximum atomic E-state index is 12.5. The van der Waals surface area contributed by atoms with Gasteiger partial charge in [0, 0.05) is 18.5 Å². The molecule has 0 spiro atoms. The van der Waals surface area contributed by atoms with Gasteiger partial charge in [-0.1, -0.05) is 13.8 Å². The van der Waals surface area contributed by atoms with E-state index >= 15 is 0 Å². The number of amides is 1. The number of hydrogen-bond acceptors (Lipinski definition) is 4. The van der Waals surface area contributed by atoms with Gasteiger partial charge in [-0.3, -0.25) is 9.59 Å². The summed E-state index contributed by atoms with van der Waals surface area (Å²) in [4.78, 5) is 30.2. The molecule has 0 aliphatic carbocycles. The van der Waals surface area contributed by atoms with Gasteiger partial charge >= 0.3 is 5.97 Å². The highest BCUT2D eigenvalue weighted by atomic mass is 32.1. The van der Waals surface area contributed by atoms with Crippen molar-refractivity contribution >= 4 is 23.2 Å². The molecule has 110 valence electrons. The van der Waals surface area contributed by atoms with Crippen LogP contribution in [0.3, 0.4) is 0 Å². The first-order chi connectivity index (χ1) is 9.40. The third-order valence-corrected chi connectivity index (χ3v) is 5.01. The number of piperidine rings is 1. The van der Waals surface area contributed by atoms with Gasteiger partial charge < -0.3 is 10.0 Å². The highest BCUT2D eigenvalue weighted by molar-refractivity contribution is 7.13. The van der Waals surface area contributed by atoms with Crippen molar-refractivity contribution in [2.45, 2.75) is 45.6 Å². The second-order valence-corrected chi connectivity index (χ2v) is 6.70. The van der Waals surface area contributed by atoms with Gasteiger partial charge in [0.2, 0.25) is 0 Å². The van der Waals surface area contributed by atoms with Gasteiger partial charge in [-0.15, -0.1) is 11.3 Å². The van der Waals surface area contributed by atoms with Gasteiger partial charge in [-0.05, 0) is 19.8 Å². The summed E-state index contributed by atoms with van der Waals surface area (Å²) in [6.07, 6.45) is 2.98. The Balaban J connectivity index is 2.15. The molecule has 2 rings (SSSR count). The first-order valence-corrected chi connectivity index (χ1v) is 7.71. The number of likely N-dealkylation sites (tertiary alicyclic amines) is 1. The average molecular weight is 296 g/mol. The van der Waals surface area contributed by atoms with Gasteiger partial charge in [0.15, 0.2) is 0 Å². The minimum Gasteiger partial charge on any atom is -0.481 e. The van der Waals surface area contributed by atoms with Crippen molar-refractivity contribution in [2.75, 3.05) is 6.54 Å². The van der Waals surface area contributed by atoms with E-state index in [4.69, 9.17) is 5.11 Å². The predicted octanol–water partition coefficient (Wildman–Crippen LogP) is 2.59. The van der Waals surface area contributed by atoms with Crippen molar-refractivity contribution in [1.29, 1.82) is 0 Å². The largest absolute Gasteiger partial charge is 0.481 e. The van der Waals surface area contributed by atoms with Gasteiger partial charge in [0.1, 0.15) is 4.88 Å². The van der Waals surface area contributed by atoms with Crippen LogP contribution in [-0.2, 0) is 4.79 Å². The van der Waals surface area contributed by atoms with Gasteiger partial charge in [-0.25, -0.2) is 4.98 Å². The molecular formula is C14H20N2O3S. The smallest absolute Gasteiger partial charge is 0.308 e. The molecule has 2 atom stereocenters. The van der Waals surface area contributed by atoms with Crippen molar-refractivity contribution in [1.82, 2.24) is 9.88 Å². The lowest BCUT2D eigenvalue weighted by Gasteiger charge is -2.36. The molecule has 0 bridgehead atoms. The van der Waals surface area contributed by atoms with Crippen LogP contribution in [0.1, 0.15) is 54.2 Å². The lowest BCUT2D eigenvalue weighted by atomic mass is 9.93. The van der Waals surface area contributed by atoms with E-state index in [0.717, 1.165) is 11.4 Å². The Bertz CT molecular complexity index is 512. The number of carbonyl (C=O) groups excluding carboxylic acids is 1. The molecule has 5 nitrogen and oxygen atoms in total. The van der Waals surface area contributed by atoms with Crippen molar-refractivity contribution in [3.63, 3.8) is 0 Å². The van der Waals surface area contributed by atoms with Crippen LogP contribution in [0.4, 0.5) is 0 Å². The Morgan fingerprint density at radius 3 is 2.70 bits per heavy atom. The lowest BCUT2D eigenvalue weighted by Crippen LogP contribution is -2.47. The summed E-state index contributed by atoms with van der Waals surface area (Å²) in [5.74, 6) is -1.06. The van der Waals surface area contributed by atoms with E-state index in [1.807, 2.05) is 20.8 Å². The number of carboxylic acids is 1. The van der Waals surface area contributed by atoms with Gasteiger partial charge in [0.05, 0.1) is 17.1 Å². The van der Waals surface area contributed by atoms with Crippen LogP contribution in [0, 0.1) is 5.92 Å². The molecule has 1 aliphatic heterocycles. The Hall–Kier alpha value is -1.43. The van der Waals surface area contributed by atoms with Crippen LogP contribution >= 0.6 is 11.3 Å². The number of aromatic nitrogens is 1. The van der Waals surface area contributed by atoms with Gasteiger partial charge in [-0.2, -0.15) is 0 Å². The molecule has 2 unspecified atom stereocenters. The second kappa shape index (κ2) is 5.91. The molecule has 1 saturated heterocycles. The lowest BCUT2D eigenvalue weighted by molar-refractivity contribution is -0.143. The summed E-state index contributed by atoms with van der Waals surface area (Å²) in [5.41, 5.74) is 0. The minimum absolute atomic E-state index is 0.0858. The second-order valence-electron chi connectivity index (χ2n) is 5.64. The Morgan fingerprint density at radius 2 is 2.15 bits per heavy atom. The van der Waals surface area contributed by atoms with Gasteiger partial charge in [0.25, 0.3) is 5.91 Å². The highest BCUT2D eigenvalue weighted by Crippen LogP contribution is 2.27. The normalized spacial score (nSPS) is 23.1. The van der Waals surface area contributed by atoms with E-state index in [1.165, 1.54) is 11.3 Å². The summed E-state index contributed by atoms with van der Waals surface area (Å²) in [5, 5.41) is 10.1. The third-order valence-electron chi connectivity index (χ3n) is 3.72.